The van der Waals surface area contributed by atoms with Crippen LogP contribution in [-0.2, 0) is 4.74 Å². The highest BCUT2D eigenvalue weighted by molar-refractivity contribution is 5.86. The van der Waals surface area contributed by atoms with E-state index in [9.17, 15) is 30.3 Å². The fraction of sp³-hybridized carbons (Fsp3) is 0.471. The van der Waals surface area contributed by atoms with Gasteiger partial charge in [0.05, 0.1) is 18.6 Å². The Balaban J connectivity index is 2.00. The van der Waals surface area contributed by atoms with Crippen LogP contribution in [0.25, 0.3) is 11.0 Å². The molecule has 10 nitrogen and oxygen atoms in total. The van der Waals surface area contributed by atoms with Gasteiger partial charge in [0.1, 0.15) is 35.7 Å². The van der Waals surface area contributed by atoms with Crippen molar-refractivity contribution in [1.82, 2.24) is 0 Å². The largest absolute Gasteiger partial charge is 0.499 e. The van der Waals surface area contributed by atoms with E-state index in [0.717, 1.165) is 0 Å². The Labute approximate surface area is 152 Å². The molecule has 1 saturated heterocycles. The average Bonchev–Trinajstić information content (AvgIpc) is 2.65. The lowest BCUT2D eigenvalue weighted by molar-refractivity contribution is -0.277. The van der Waals surface area contributed by atoms with Crippen LogP contribution in [0.4, 0.5) is 0 Å². The Kier molecular flexibility index (Phi) is 5.53. The number of fused-ring (bicyclic) bond motifs is 1. The minimum atomic E-state index is -1.70. The van der Waals surface area contributed by atoms with Gasteiger partial charge in [-0.05, 0) is 19.1 Å². The summed E-state index contributed by atoms with van der Waals surface area (Å²) < 4.78 is 21.0. The van der Waals surface area contributed by atoms with Crippen molar-refractivity contribution >= 4 is 11.0 Å². The summed E-state index contributed by atoms with van der Waals surface area (Å²) in [5.74, 6) is -0.769. The molecule has 5 atom stereocenters. The maximum absolute atomic E-state index is 11.9. The van der Waals surface area contributed by atoms with Crippen LogP contribution >= 0.6 is 0 Å². The zero-order chi connectivity index (χ0) is 19.7. The zero-order valence-electron chi connectivity index (χ0n) is 14.3. The molecule has 10 heteroatoms. The first-order chi connectivity index (χ1) is 12.9. The molecule has 0 bridgehead atoms. The summed E-state index contributed by atoms with van der Waals surface area (Å²) in [6.07, 6.45) is -7.70. The first-order valence-electron chi connectivity index (χ1n) is 8.27. The van der Waals surface area contributed by atoms with Crippen molar-refractivity contribution in [2.45, 2.75) is 37.6 Å². The van der Waals surface area contributed by atoms with Crippen LogP contribution in [0.15, 0.2) is 27.4 Å². The first kappa shape index (κ1) is 19.4. The lowest BCUT2D eigenvalue weighted by Crippen LogP contribution is -2.60. The second-order valence-corrected chi connectivity index (χ2v) is 5.97. The van der Waals surface area contributed by atoms with Crippen molar-refractivity contribution in [3.63, 3.8) is 0 Å². The van der Waals surface area contributed by atoms with E-state index < -0.39 is 48.7 Å². The van der Waals surface area contributed by atoms with Crippen molar-refractivity contribution in [2.75, 3.05) is 13.2 Å². The van der Waals surface area contributed by atoms with Gasteiger partial charge in [-0.3, -0.25) is 0 Å². The number of benzene rings is 1. The van der Waals surface area contributed by atoms with E-state index in [0.29, 0.717) is 12.4 Å². The van der Waals surface area contributed by atoms with Gasteiger partial charge in [0.25, 0.3) is 0 Å². The Morgan fingerprint density at radius 1 is 1.15 bits per heavy atom. The Bertz CT molecular complexity index is 861. The fourth-order valence-corrected chi connectivity index (χ4v) is 2.80. The molecule has 5 N–H and O–H groups in total. The molecule has 3 rings (SSSR count). The third kappa shape index (κ3) is 3.57. The molecule has 0 saturated carbocycles. The minimum absolute atomic E-state index is 0.0586. The molecule has 0 spiro atoms. The number of ether oxygens (including phenoxy) is 3. The average molecular weight is 384 g/mol. The molecule has 1 aromatic carbocycles. The zero-order valence-corrected chi connectivity index (χ0v) is 14.3. The Morgan fingerprint density at radius 2 is 1.89 bits per heavy atom. The van der Waals surface area contributed by atoms with Crippen LogP contribution in [0.2, 0.25) is 0 Å². The molecular formula is C17H20O10. The predicted octanol–water partition coefficient (Wildman–Crippen LogP) is -0.924. The molecule has 1 aliphatic heterocycles. The summed E-state index contributed by atoms with van der Waals surface area (Å²) in [6.45, 7) is 1.53. The van der Waals surface area contributed by atoms with Crippen molar-refractivity contribution in [3.05, 3.63) is 28.6 Å². The maximum atomic E-state index is 11.9. The SMILES string of the molecule is CCOc1ccc2c(O[C@@H]3O[C@H](CO)[C@@H](O)[C@H](O)[C@@H]3O)c(O)c(=O)oc2c1. The highest BCUT2D eigenvalue weighted by Gasteiger charge is 2.45. The van der Waals surface area contributed by atoms with Gasteiger partial charge in [0.2, 0.25) is 12.0 Å². The minimum Gasteiger partial charge on any atom is -0.499 e. The first-order valence-corrected chi connectivity index (χ1v) is 8.27. The number of hydrogen-bond acceptors (Lipinski definition) is 10. The second kappa shape index (κ2) is 7.71. The quantitative estimate of drug-likeness (QED) is 0.408. The summed E-state index contributed by atoms with van der Waals surface area (Å²) in [5.41, 5.74) is -1.03. The van der Waals surface area contributed by atoms with Gasteiger partial charge >= 0.3 is 5.63 Å². The highest BCUT2D eigenvalue weighted by atomic mass is 16.7. The van der Waals surface area contributed by atoms with E-state index in [1.807, 2.05) is 0 Å². The van der Waals surface area contributed by atoms with E-state index in [1.165, 1.54) is 12.1 Å². The van der Waals surface area contributed by atoms with Gasteiger partial charge < -0.3 is 44.2 Å². The van der Waals surface area contributed by atoms with Crippen molar-refractivity contribution in [3.8, 4) is 17.2 Å². The van der Waals surface area contributed by atoms with Crippen molar-refractivity contribution in [1.29, 1.82) is 0 Å². The van der Waals surface area contributed by atoms with E-state index in [1.54, 1.807) is 13.0 Å². The summed E-state index contributed by atoms with van der Waals surface area (Å²) >= 11 is 0. The van der Waals surface area contributed by atoms with Crippen molar-refractivity contribution in [2.24, 2.45) is 0 Å². The molecule has 0 amide bonds. The molecule has 0 radical (unpaired) electrons. The van der Waals surface area contributed by atoms with Crippen LogP contribution in [0.1, 0.15) is 6.92 Å². The van der Waals surface area contributed by atoms with Crippen LogP contribution in [0.3, 0.4) is 0 Å². The van der Waals surface area contributed by atoms with E-state index in [4.69, 9.17) is 18.6 Å². The maximum Gasteiger partial charge on any atom is 0.382 e. The molecule has 0 aliphatic carbocycles. The standard InChI is InChI=1S/C17H20O10/c1-2-24-7-3-4-8-9(5-7)25-16(23)14(22)15(8)27-17-13(21)12(20)11(19)10(6-18)26-17/h3-5,10-13,17-22H,2,6H2,1H3/t10-,11-,12+,13+,17+/m1/s1. The molecule has 1 aromatic heterocycles. The van der Waals surface area contributed by atoms with Gasteiger partial charge in [-0.25, -0.2) is 4.79 Å². The van der Waals surface area contributed by atoms with Crippen molar-refractivity contribution < 1.29 is 44.2 Å². The highest BCUT2D eigenvalue weighted by Crippen LogP contribution is 2.36. The topological polar surface area (TPSA) is 159 Å². The number of rotatable bonds is 5. The third-order valence-electron chi connectivity index (χ3n) is 4.20. The Hall–Kier alpha value is -2.37. The van der Waals surface area contributed by atoms with Gasteiger partial charge in [-0.15, -0.1) is 0 Å². The number of aliphatic hydroxyl groups is 4. The normalized spacial score (nSPS) is 28.3. The summed E-state index contributed by atoms with van der Waals surface area (Å²) in [7, 11) is 0. The summed E-state index contributed by atoms with van der Waals surface area (Å²) in [4.78, 5) is 11.9. The van der Waals surface area contributed by atoms with Gasteiger partial charge in [0, 0.05) is 6.07 Å². The second-order valence-electron chi connectivity index (χ2n) is 5.97. The molecule has 2 heterocycles. The number of aromatic hydroxyl groups is 1. The number of aliphatic hydroxyl groups excluding tert-OH is 4. The fourth-order valence-electron chi connectivity index (χ4n) is 2.80. The lowest BCUT2D eigenvalue weighted by Gasteiger charge is -2.39. The lowest BCUT2D eigenvalue weighted by atomic mass is 9.99. The molecular weight excluding hydrogens is 364 g/mol. The van der Waals surface area contributed by atoms with Gasteiger partial charge in [-0.2, -0.15) is 0 Å². The van der Waals surface area contributed by atoms with E-state index in [2.05, 4.69) is 0 Å². The van der Waals surface area contributed by atoms with Gasteiger partial charge in [-0.1, -0.05) is 0 Å². The van der Waals surface area contributed by atoms with Crippen LogP contribution in [-0.4, -0.2) is 69.5 Å². The predicted molar refractivity (Wildman–Crippen MR) is 89.7 cm³/mol. The summed E-state index contributed by atoms with van der Waals surface area (Å²) in [5, 5.41) is 49.2. The molecule has 1 fully saturated rings. The Morgan fingerprint density at radius 3 is 2.56 bits per heavy atom. The molecule has 27 heavy (non-hydrogen) atoms. The molecule has 148 valence electrons. The van der Waals surface area contributed by atoms with Crippen LogP contribution in [0, 0.1) is 0 Å². The van der Waals surface area contributed by atoms with Crippen LogP contribution < -0.4 is 15.1 Å². The summed E-state index contributed by atoms with van der Waals surface area (Å²) in [6, 6.07) is 4.47. The molecule has 0 unspecified atom stereocenters. The monoisotopic (exact) mass is 384 g/mol. The van der Waals surface area contributed by atoms with Crippen LogP contribution in [0.5, 0.6) is 17.2 Å². The number of hydrogen-bond donors (Lipinski definition) is 5. The van der Waals surface area contributed by atoms with Gasteiger partial charge in [0.15, 0.2) is 5.75 Å². The van der Waals surface area contributed by atoms with E-state index in [-0.39, 0.29) is 16.7 Å². The third-order valence-corrected chi connectivity index (χ3v) is 4.20. The molecule has 1 aliphatic rings. The van der Waals surface area contributed by atoms with E-state index >= 15 is 0 Å². The molecule has 2 aromatic rings. The smallest absolute Gasteiger partial charge is 0.382 e.